The van der Waals surface area contributed by atoms with E-state index >= 15 is 0 Å². The molecule has 0 spiro atoms. The fourth-order valence-electron chi connectivity index (χ4n) is 3.19. The van der Waals surface area contributed by atoms with Gasteiger partial charge in [-0.3, -0.25) is 9.78 Å². The second-order valence-electron chi connectivity index (χ2n) is 7.06. The van der Waals surface area contributed by atoms with Gasteiger partial charge in [0, 0.05) is 34.8 Å². The number of hydrogen-bond acceptors (Lipinski definition) is 6. The number of nitrogens with one attached hydrogen (secondary N) is 1. The Bertz CT molecular complexity index is 1220. The molecule has 156 valence electrons. The minimum Gasteiger partial charge on any atom is -0.494 e. The summed E-state index contributed by atoms with van der Waals surface area (Å²) < 4.78 is 11.1. The van der Waals surface area contributed by atoms with E-state index in [2.05, 4.69) is 20.4 Å². The number of aryl methyl sites for hydroxylation is 2. The van der Waals surface area contributed by atoms with Crippen molar-refractivity contribution in [2.24, 2.45) is 0 Å². The van der Waals surface area contributed by atoms with E-state index in [9.17, 15) is 4.79 Å². The molecule has 4 rings (SSSR count). The van der Waals surface area contributed by atoms with Gasteiger partial charge in [-0.2, -0.15) is 4.98 Å². The molecule has 2 heterocycles. The van der Waals surface area contributed by atoms with Crippen LogP contribution in [-0.2, 0) is 0 Å². The molecule has 7 heteroatoms. The molecule has 0 aliphatic carbocycles. The van der Waals surface area contributed by atoms with E-state index in [0.29, 0.717) is 29.6 Å². The maximum atomic E-state index is 12.5. The van der Waals surface area contributed by atoms with Gasteiger partial charge in [0.25, 0.3) is 11.8 Å². The van der Waals surface area contributed by atoms with Gasteiger partial charge in [-0.1, -0.05) is 17.3 Å². The fraction of sp³-hybridized carbons (Fsp3) is 0.167. The fourth-order valence-corrected chi connectivity index (χ4v) is 3.19. The maximum Gasteiger partial charge on any atom is 0.258 e. The zero-order chi connectivity index (χ0) is 21.8. The summed E-state index contributed by atoms with van der Waals surface area (Å²) in [5.41, 5.74) is 4.73. The Morgan fingerprint density at radius 1 is 1.03 bits per heavy atom. The van der Waals surface area contributed by atoms with Crippen LogP contribution in [0.3, 0.4) is 0 Å². The van der Waals surface area contributed by atoms with Gasteiger partial charge >= 0.3 is 0 Å². The first-order valence-electron chi connectivity index (χ1n) is 9.95. The van der Waals surface area contributed by atoms with Gasteiger partial charge in [0.2, 0.25) is 5.82 Å². The first kappa shape index (κ1) is 20.3. The number of nitrogens with zero attached hydrogens (tertiary/aromatic N) is 3. The summed E-state index contributed by atoms with van der Waals surface area (Å²) in [4.78, 5) is 21.0. The van der Waals surface area contributed by atoms with E-state index in [1.807, 2.05) is 45.0 Å². The molecule has 0 unspecified atom stereocenters. The second-order valence-corrected chi connectivity index (χ2v) is 7.06. The molecule has 0 saturated carbocycles. The van der Waals surface area contributed by atoms with E-state index in [0.717, 1.165) is 28.0 Å². The molecular weight excluding hydrogens is 392 g/mol. The highest BCUT2D eigenvalue weighted by atomic mass is 16.5. The standard InChI is InChI=1S/C24H22N4O3/c1-4-30-21-14-18(6-5-15(21)2)24-27-22(28-31-24)20-8-7-17(13-16(20)3)23(29)26-19-9-11-25-12-10-19/h5-14H,4H2,1-3H3,(H,25,26,29). The van der Waals surface area contributed by atoms with Crippen LogP contribution in [0.15, 0.2) is 65.4 Å². The number of ether oxygens (including phenoxy) is 1. The number of carbonyl (C=O) groups is 1. The number of aromatic nitrogens is 3. The number of hydrogen-bond donors (Lipinski definition) is 1. The van der Waals surface area contributed by atoms with Gasteiger partial charge in [0.15, 0.2) is 0 Å². The van der Waals surface area contributed by atoms with Crippen molar-refractivity contribution in [1.82, 2.24) is 15.1 Å². The van der Waals surface area contributed by atoms with E-state index in [4.69, 9.17) is 9.26 Å². The second kappa shape index (κ2) is 8.79. The summed E-state index contributed by atoms with van der Waals surface area (Å²) >= 11 is 0. The number of amides is 1. The minimum atomic E-state index is -0.197. The molecule has 0 saturated heterocycles. The lowest BCUT2D eigenvalue weighted by Crippen LogP contribution is -2.12. The molecule has 2 aromatic carbocycles. The normalized spacial score (nSPS) is 10.7. The zero-order valence-corrected chi connectivity index (χ0v) is 17.5. The topological polar surface area (TPSA) is 90.1 Å². The third kappa shape index (κ3) is 4.45. The first-order chi connectivity index (χ1) is 15.0. The number of rotatable bonds is 6. The predicted molar refractivity (Wildman–Crippen MR) is 118 cm³/mol. The summed E-state index contributed by atoms with van der Waals surface area (Å²) in [6.45, 7) is 6.43. The zero-order valence-electron chi connectivity index (χ0n) is 17.5. The molecule has 0 atom stereocenters. The van der Waals surface area contributed by atoms with Crippen molar-refractivity contribution < 1.29 is 14.1 Å². The first-order valence-corrected chi connectivity index (χ1v) is 9.95. The highest BCUT2D eigenvalue weighted by Crippen LogP contribution is 2.29. The lowest BCUT2D eigenvalue weighted by Gasteiger charge is -2.07. The minimum absolute atomic E-state index is 0.197. The Balaban J connectivity index is 1.56. The Hall–Kier alpha value is -4.00. The van der Waals surface area contributed by atoms with Crippen molar-refractivity contribution in [2.45, 2.75) is 20.8 Å². The third-order valence-electron chi connectivity index (χ3n) is 4.83. The summed E-state index contributed by atoms with van der Waals surface area (Å²) in [7, 11) is 0. The molecule has 2 aromatic heterocycles. The van der Waals surface area contributed by atoms with Crippen LogP contribution in [-0.4, -0.2) is 27.6 Å². The number of benzene rings is 2. The Kier molecular flexibility index (Phi) is 5.75. The Morgan fingerprint density at radius 3 is 2.58 bits per heavy atom. The van der Waals surface area contributed by atoms with Crippen LogP contribution >= 0.6 is 0 Å². The maximum absolute atomic E-state index is 12.5. The van der Waals surface area contributed by atoms with E-state index in [1.54, 1.807) is 36.7 Å². The van der Waals surface area contributed by atoms with E-state index in [-0.39, 0.29) is 5.91 Å². The molecule has 1 N–H and O–H groups in total. The quantitative estimate of drug-likeness (QED) is 0.474. The summed E-state index contributed by atoms with van der Waals surface area (Å²) in [6, 6.07) is 14.6. The van der Waals surface area contributed by atoms with Gasteiger partial charge in [0.1, 0.15) is 5.75 Å². The largest absolute Gasteiger partial charge is 0.494 e. The van der Waals surface area contributed by atoms with Crippen LogP contribution in [0, 0.1) is 13.8 Å². The van der Waals surface area contributed by atoms with Gasteiger partial charge in [-0.05, 0) is 68.3 Å². The van der Waals surface area contributed by atoms with Crippen LogP contribution in [0.4, 0.5) is 5.69 Å². The van der Waals surface area contributed by atoms with Crippen molar-refractivity contribution in [1.29, 1.82) is 0 Å². The van der Waals surface area contributed by atoms with Crippen molar-refractivity contribution in [3.63, 3.8) is 0 Å². The summed E-state index contributed by atoms with van der Waals surface area (Å²) in [5, 5.41) is 6.98. The van der Waals surface area contributed by atoms with Crippen LogP contribution in [0.5, 0.6) is 5.75 Å². The molecule has 0 bridgehead atoms. The molecular formula is C24H22N4O3. The summed E-state index contributed by atoms with van der Waals surface area (Å²) in [6.07, 6.45) is 3.26. The molecule has 1 amide bonds. The van der Waals surface area contributed by atoms with E-state index in [1.165, 1.54) is 0 Å². The van der Waals surface area contributed by atoms with Crippen molar-refractivity contribution in [2.75, 3.05) is 11.9 Å². The molecule has 0 fully saturated rings. The van der Waals surface area contributed by atoms with Gasteiger partial charge < -0.3 is 14.6 Å². The SMILES string of the molecule is CCOc1cc(-c2nc(-c3ccc(C(=O)Nc4ccncc4)cc3C)no2)ccc1C. The molecule has 7 nitrogen and oxygen atoms in total. The average Bonchev–Trinajstić information content (AvgIpc) is 3.26. The lowest BCUT2D eigenvalue weighted by molar-refractivity contribution is 0.102. The average molecular weight is 414 g/mol. The van der Waals surface area contributed by atoms with Crippen LogP contribution < -0.4 is 10.1 Å². The molecule has 0 radical (unpaired) electrons. The molecule has 31 heavy (non-hydrogen) atoms. The Labute approximate surface area is 180 Å². The number of carbonyl (C=O) groups excluding carboxylic acids is 1. The summed E-state index contributed by atoms with van der Waals surface area (Å²) in [5.74, 6) is 1.47. The van der Waals surface area contributed by atoms with Crippen LogP contribution in [0.1, 0.15) is 28.4 Å². The highest BCUT2D eigenvalue weighted by molar-refractivity contribution is 6.04. The molecule has 4 aromatic rings. The molecule has 0 aliphatic heterocycles. The van der Waals surface area contributed by atoms with Gasteiger partial charge in [-0.15, -0.1) is 0 Å². The monoisotopic (exact) mass is 414 g/mol. The van der Waals surface area contributed by atoms with Crippen molar-refractivity contribution >= 4 is 11.6 Å². The lowest BCUT2D eigenvalue weighted by atomic mass is 10.0. The van der Waals surface area contributed by atoms with Gasteiger partial charge in [0.05, 0.1) is 6.61 Å². The highest BCUT2D eigenvalue weighted by Gasteiger charge is 2.15. The smallest absolute Gasteiger partial charge is 0.258 e. The van der Waals surface area contributed by atoms with Crippen LogP contribution in [0.25, 0.3) is 22.8 Å². The van der Waals surface area contributed by atoms with E-state index < -0.39 is 0 Å². The Morgan fingerprint density at radius 2 is 1.84 bits per heavy atom. The van der Waals surface area contributed by atoms with Crippen molar-refractivity contribution in [3.8, 4) is 28.6 Å². The number of pyridine rings is 1. The number of anilines is 1. The predicted octanol–water partition coefficient (Wildman–Crippen LogP) is 5.07. The van der Waals surface area contributed by atoms with Crippen LogP contribution in [0.2, 0.25) is 0 Å². The third-order valence-corrected chi connectivity index (χ3v) is 4.83. The van der Waals surface area contributed by atoms with Crippen molar-refractivity contribution in [3.05, 3.63) is 77.6 Å². The molecule has 0 aliphatic rings. The van der Waals surface area contributed by atoms with Gasteiger partial charge in [-0.25, -0.2) is 0 Å².